The Hall–Kier alpha value is -1.47. The van der Waals surface area contributed by atoms with Gasteiger partial charge in [-0.1, -0.05) is 5.21 Å². The van der Waals surface area contributed by atoms with Crippen molar-refractivity contribution in [1.82, 2.24) is 19.9 Å². The van der Waals surface area contributed by atoms with Crippen molar-refractivity contribution in [1.29, 1.82) is 0 Å². The lowest BCUT2D eigenvalue weighted by Crippen LogP contribution is -2.53. The topological polar surface area (TPSA) is 80.5 Å². The zero-order valence-electron chi connectivity index (χ0n) is 9.91. The third-order valence-electron chi connectivity index (χ3n) is 3.03. The number of methoxy groups -OCH3 is 1. The van der Waals surface area contributed by atoms with E-state index in [9.17, 15) is 4.79 Å². The van der Waals surface area contributed by atoms with Gasteiger partial charge in [0.15, 0.2) is 5.69 Å². The Morgan fingerprint density at radius 2 is 2.41 bits per heavy atom. The second-order valence-electron chi connectivity index (χ2n) is 4.30. The Bertz CT molecular complexity index is 400. The fourth-order valence-corrected chi connectivity index (χ4v) is 1.91. The van der Waals surface area contributed by atoms with E-state index in [1.54, 1.807) is 11.8 Å². The third kappa shape index (κ3) is 2.45. The van der Waals surface area contributed by atoms with Crippen LogP contribution in [-0.2, 0) is 4.74 Å². The van der Waals surface area contributed by atoms with Crippen molar-refractivity contribution in [2.75, 3.05) is 26.8 Å². The van der Waals surface area contributed by atoms with Crippen LogP contribution in [0.25, 0.3) is 0 Å². The van der Waals surface area contributed by atoms with Gasteiger partial charge in [-0.2, -0.15) is 0 Å². The number of carbonyl (C=O) groups is 1. The molecule has 1 aliphatic rings. The molecule has 1 fully saturated rings. The Morgan fingerprint density at radius 3 is 2.94 bits per heavy atom. The lowest BCUT2D eigenvalue weighted by Gasteiger charge is -2.42. The van der Waals surface area contributed by atoms with Gasteiger partial charge in [0, 0.05) is 26.2 Å². The molecule has 1 aromatic rings. The van der Waals surface area contributed by atoms with Gasteiger partial charge in [-0.15, -0.1) is 5.10 Å². The van der Waals surface area contributed by atoms with Gasteiger partial charge in [0.05, 0.1) is 18.8 Å². The number of aromatic nitrogens is 3. The quantitative estimate of drug-likeness (QED) is 0.772. The van der Waals surface area contributed by atoms with Crippen molar-refractivity contribution in [3.05, 3.63) is 11.9 Å². The van der Waals surface area contributed by atoms with Crippen LogP contribution in [0.1, 0.15) is 23.5 Å². The van der Waals surface area contributed by atoms with Gasteiger partial charge >= 0.3 is 5.97 Å². The molecule has 1 unspecified atom stereocenters. The lowest BCUT2D eigenvalue weighted by molar-refractivity contribution is 0.0204. The summed E-state index contributed by atoms with van der Waals surface area (Å²) < 4.78 is 6.71. The fourth-order valence-electron chi connectivity index (χ4n) is 1.91. The van der Waals surface area contributed by atoms with Crippen LogP contribution >= 0.6 is 0 Å². The van der Waals surface area contributed by atoms with Crippen LogP contribution in [-0.4, -0.2) is 63.8 Å². The molecule has 2 heterocycles. The molecule has 0 spiro atoms. The van der Waals surface area contributed by atoms with E-state index in [-0.39, 0.29) is 11.7 Å². The Morgan fingerprint density at radius 1 is 1.71 bits per heavy atom. The number of carboxylic acid groups (broad SMARTS) is 1. The largest absolute Gasteiger partial charge is 0.476 e. The third-order valence-corrected chi connectivity index (χ3v) is 3.03. The molecule has 7 nitrogen and oxygen atoms in total. The predicted molar refractivity (Wildman–Crippen MR) is 58.9 cm³/mol. The first-order chi connectivity index (χ1) is 8.11. The van der Waals surface area contributed by atoms with Gasteiger partial charge in [0.1, 0.15) is 0 Å². The van der Waals surface area contributed by atoms with Crippen molar-refractivity contribution in [3.8, 4) is 0 Å². The van der Waals surface area contributed by atoms with E-state index >= 15 is 0 Å². The Labute approximate surface area is 99.0 Å². The number of hydrogen-bond acceptors (Lipinski definition) is 5. The smallest absolute Gasteiger partial charge is 0.358 e. The molecule has 0 aliphatic carbocycles. The molecule has 0 radical (unpaired) electrons. The number of nitrogens with zero attached hydrogens (tertiary/aromatic N) is 4. The molecule has 1 saturated heterocycles. The molecule has 94 valence electrons. The molecule has 1 aromatic heterocycles. The molecule has 1 atom stereocenters. The summed E-state index contributed by atoms with van der Waals surface area (Å²) in [6.45, 7) is 4.51. The average molecular weight is 240 g/mol. The first-order valence-electron chi connectivity index (χ1n) is 5.50. The fraction of sp³-hybridized carbons (Fsp3) is 0.700. The Balaban J connectivity index is 1.88. The summed E-state index contributed by atoms with van der Waals surface area (Å²) in [5.41, 5.74) is -0.00612. The number of carboxylic acids is 1. The number of rotatable bonds is 5. The summed E-state index contributed by atoms with van der Waals surface area (Å²) in [5.74, 6) is -1.04. The molecule has 1 aliphatic heterocycles. The number of likely N-dealkylation sites (tertiary alicyclic amines) is 1. The molecule has 2 rings (SSSR count). The minimum atomic E-state index is -1.04. The molecular weight excluding hydrogens is 224 g/mol. The van der Waals surface area contributed by atoms with Crippen LogP contribution in [0.2, 0.25) is 0 Å². The molecule has 0 saturated carbocycles. The first-order valence-corrected chi connectivity index (χ1v) is 5.50. The average Bonchev–Trinajstić information content (AvgIpc) is 2.65. The predicted octanol–water partition coefficient (Wildman–Crippen LogP) is -0.132. The molecule has 0 amide bonds. The maximum absolute atomic E-state index is 10.7. The van der Waals surface area contributed by atoms with E-state index in [4.69, 9.17) is 9.84 Å². The minimum absolute atomic E-state index is 0.00612. The van der Waals surface area contributed by atoms with Crippen molar-refractivity contribution in [3.63, 3.8) is 0 Å². The molecular formula is C10H16N4O3. The Kier molecular flexibility index (Phi) is 3.39. The normalized spacial score (nSPS) is 18.9. The maximum atomic E-state index is 10.7. The zero-order chi connectivity index (χ0) is 12.4. The lowest BCUT2D eigenvalue weighted by atomic mass is 10.1. The van der Waals surface area contributed by atoms with Crippen molar-refractivity contribution >= 4 is 5.97 Å². The van der Waals surface area contributed by atoms with Gasteiger partial charge in [-0.3, -0.25) is 4.90 Å². The van der Waals surface area contributed by atoms with Gasteiger partial charge in [-0.05, 0) is 6.92 Å². The van der Waals surface area contributed by atoms with Gasteiger partial charge < -0.3 is 9.84 Å². The van der Waals surface area contributed by atoms with Crippen LogP contribution < -0.4 is 0 Å². The van der Waals surface area contributed by atoms with Gasteiger partial charge in [-0.25, -0.2) is 9.48 Å². The van der Waals surface area contributed by atoms with Crippen molar-refractivity contribution < 1.29 is 14.6 Å². The van der Waals surface area contributed by atoms with Crippen molar-refractivity contribution in [2.45, 2.75) is 19.0 Å². The van der Waals surface area contributed by atoms with Crippen LogP contribution in [0.4, 0.5) is 0 Å². The van der Waals surface area contributed by atoms with E-state index in [1.165, 1.54) is 6.20 Å². The maximum Gasteiger partial charge on any atom is 0.358 e. The van der Waals surface area contributed by atoms with Crippen LogP contribution in [0.3, 0.4) is 0 Å². The van der Waals surface area contributed by atoms with E-state index < -0.39 is 5.97 Å². The second kappa shape index (κ2) is 4.80. The highest BCUT2D eigenvalue weighted by Crippen LogP contribution is 2.22. The highest BCUT2D eigenvalue weighted by Gasteiger charge is 2.32. The van der Waals surface area contributed by atoms with Gasteiger partial charge in [0.2, 0.25) is 0 Å². The highest BCUT2D eigenvalue weighted by molar-refractivity contribution is 5.84. The van der Waals surface area contributed by atoms with Crippen LogP contribution in [0.5, 0.6) is 0 Å². The number of aromatic carboxylic acids is 1. The second-order valence-corrected chi connectivity index (χ2v) is 4.30. The number of hydrogen-bond donors (Lipinski definition) is 1. The van der Waals surface area contributed by atoms with E-state index in [0.29, 0.717) is 12.6 Å². The minimum Gasteiger partial charge on any atom is -0.476 e. The molecule has 17 heavy (non-hydrogen) atoms. The summed E-state index contributed by atoms with van der Waals surface area (Å²) in [6.07, 6.45) is 1.48. The van der Waals surface area contributed by atoms with E-state index in [0.717, 1.165) is 13.1 Å². The SMILES string of the molecule is COCC(C)N1CC(n2cc(C(=O)O)nn2)C1. The molecule has 7 heteroatoms. The highest BCUT2D eigenvalue weighted by atomic mass is 16.5. The number of ether oxygens (including phenoxy) is 1. The van der Waals surface area contributed by atoms with Crippen LogP contribution in [0, 0.1) is 0 Å². The first kappa shape index (κ1) is 12.0. The molecule has 0 bridgehead atoms. The molecule has 0 aromatic carbocycles. The molecule has 1 N–H and O–H groups in total. The van der Waals surface area contributed by atoms with E-state index in [1.807, 2.05) is 0 Å². The summed E-state index contributed by atoms with van der Waals surface area (Å²) >= 11 is 0. The summed E-state index contributed by atoms with van der Waals surface area (Å²) in [4.78, 5) is 12.9. The summed E-state index contributed by atoms with van der Waals surface area (Å²) in [5, 5.41) is 16.2. The monoisotopic (exact) mass is 240 g/mol. The standard InChI is InChI=1S/C10H16N4O3/c1-7(6-17-2)13-3-8(4-13)14-5-9(10(15)16)11-12-14/h5,7-8H,3-4,6H2,1-2H3,(H,15,16). The summed E-state index contributed by atoms with van der Waals surface area (Å²) in [7, 11) is 1.68. The van der Waals surface area contributed by atoms with Crippen molar-refractivity contribution in [2.24, 2.45) is 0 Å². The van der Waals surface area contributed by atoms with E-state index in [2.05, 4.69) is 22.1 Å². The summed E-state index contributed by atoms with van der Waals surface area (Å²) in [6, 6.07) is 0.591. The zero-order valence-corrected chi connectivity index (χ0v) is 9.91. The van der Waals surface area contributed by atoms with Crippen LogP contribution in [0.15, 0.2) is 6.20 Å². The van der Waals surface area contributed by atoms with Gasteiger partial charge in [0.25, 0.3) is 0 Å².